The number of rotatable bonds is 2. The minimum absolute atomic E-state index is 0. The molecule has 0 aliphatic heterocycles. The van der Waals surface area contributed by atoms with Crippen LogP contribution in [0.3, 0.4) is 0 Å². The van der Waals surface area contributed by atoms with Crippen LogP contribution in [0.25, 0.3) is 0 Å². The van der Waals surface area contributed by atoms with Crippen LogP contribution < -0.4 is 23.9 Å². The van der Waals surface area contributed by atoms with Crippen LogP contribution in [0, 0.1) is 0 Å². The van der Waals surface area contributed by atoms with Crippen molar-refractivity contribution in [3.63, 3.8) is 0 Å². The predicted molar refractivity (Wildman–Crippen MR) is 30.1 cm³/mol. The number of hydrogen-bond donors (Lipinski definition) is 4. The fraction of sp³-hybridized carbons (Fsp3) is 0.333. The number of aliphatic carboxylic acids is 2. The smallest absolute Gasteiger partial charge is 0.832 e. The number of carboxylic acids is 2. The Balaban J connectivity index is -0.000000142. The fourth-order valence-electron chi connectivity index (χ4n) is 0.129. The van der Waals surface area contributed by atoms with E-state index in [1.165, 1.54) is 0 Å². The van der Waals surface area contributed by atoms with Crippen molar-refractivity contribution < 1.29 is 53.7 Å². The zero-order chi connectivity index (χ0) is 9.44. The molecule has 0 saturated carbocycles. The van der Waals surface area contributed by atoms with Gasteiger partial charge in [-0.1, -0.05) is 0 Å². The summed E-state index contributed by atoms with van der Waals surface area (Å²) in [6, 6.07) is 0. The van der Waals surface area contributed by atoms with Crippen molar-refractivity contribution >= 4 is 19.3 Å². The summed E-state index contributed by atoms with van der Waals surface area (Å²) in [7, 11) is -2.42. The number of carbonyl (C=O) groups is 2. The van der Waals surface area contributed by atoms with Gasteiger partial charge in [-0.05, 0) is 0 Å². The van der Waals surface area contributed by atoms with Crippen molar-refractivity contribution in [1.29, 1.82) is 0 Å². The van der Waals surface area contributed by atoms with Crippen LogP contribution >= 0.6 is 0 Å². The fourth-order valence-corrected chi connectivity index (χ4v) is 0.129. The minimum atomic E-state index is -2.42. The van der Waals surface area contributed by atoms with E-state index < -0.39 is 25.7 Å². The third-order valence-corrected chi connectivity index (χ3v) is 0.302. The molecular weight excluding hydrogens is 166 g/mol. The maximum absolute atomic E-state index is 9.43. The molecule has 0 amide bonds. The van der Waals surface area contributed by atoms with E-state index in [0.29, 0.717) is 0 Å². The summed E-state index contributed by atoms with van der Waals surface area (Å²) in [5.74, 6) is -2.62. The first-order valence-corrected chi connectivity index (χ1v) is 2.31. The van der Waals surface area contributed by atoms with Crippen LogP contribution in [0.2, 0.25) is 0 Å². The summed E-state index contributed by atoms with van der Waals surface area (Å²) in [5, 5.41) is 38.2. The normalized spacial score (nSPS) is 6.92. The summed E-state index contributed by atoms with van der Waals surface area (Å²) in [6.45, 7) is 0. The number of carboxylic acid groups (broad SMARTS) is 2. The standard InChI is InChI=1S/C3H4O4.BH2O3.Li/c4-2(5)1-3(6)7;2-1(3)4;/h1H2,(H,4,5)(H,6,7);2-3H;/q;-1;+1. The predicted octanol–water partition coefficient (Wildman–Crippen LogP) is -6.13. The molecule has 0 aliphatic rings. The van der Waals surface area contributed by atoms with Gasteiger partial charge in [-0.15, -0.1) is 0 Å². The molecule has 0 heterocycles. The van der Waals surface area contributed by atoms with Crippen LogP contribution in [-0.4, -0.2) is 39.5 Å². The first-order chi connectivity index (χ1) is 4.86. The van der Waals surface area contributed by atoms with Gasteiger partial charge in [0.2, 0.25) is 0 Å². The molecule has 4 N–H and O–H groups in total. The van der Waals surface area contributed by atoms with Crippen molar-refractivity contribution in [2.45, 2.75) is 6.42 Å². The molecule has 0 saturated heterocycles. The maximum atomic E-state index is 9.43. The maximum Gasteiger partial charge on any atom is 1.00 e. The third-order valence-electron chi connectivity index (χ3n) is 0.302. The molecule has 0 unspecified atom stereocenters. The molecule has 0 aliphatic carbocycles. The second-order valence-corrected chi connectivity index (χ2v) is 1.29. The van der Waals surface area contributed by atoms with E-state index in [0.717, 1.165) is 0 Å². The Morgan fingerprint density at radius 2 is 1.33 bits per heavy atom. The van der Waals surface area contributed by atoms with Crippen LogP contribution in [0.15, 0.2) is 0 Å². The van der Waals surface area contributed by atoms with E-state index in [1.807, 2.05) is 0 Å². The molecule has 0 spiro atoms. The average Bonchev–Trinajstić information content (AvgIpc) is 1.56. The molecule has 64 valence electrons. The topological polar surface area (TPSA) is 138 Å². The van der Waals surface area contributed by atoms with Crippen LogP contribution in [0.5, 0.6) is 0 Å². The van der Waals surface area contributed by atoms with Crippen molar-refractivity contribution in [3.05, 3.63) is 0 Å². The van der Waals surface area contributed by atoms with Crippen LogP contribution in [-0.2, 0) is 9.59 Å². The average molecular weight is 172 g/mol. The van der Waals surface area contributed by atoms with Gasteiger partial charge >= 0.3 is 38.1 Å². The molecule has 0 rings (SSSR count). The van der Waals surface area contributed by atoms with E-state index in [2.05, 4.69) is 0 Å². The van der Waals surface area contributed by atoms with Gasteiger partial charge in [0.25, 0.3) is 0 Å². The van der Waals surface area contributed by atoms with Crippen molar-refractivity contribution in [3.8, 4) is 0 Å². The molecule has 0 fully saturated rings. The largest absolute Gasteiger partial charge is 1.00 e. The molecule has 0 bridgehead atoms. The second kappa shape index (κ2) is 10.5. The SMILES string of the molecule is O=C(O)CC(=O)O.[Li+].[O-]B(O)O. The Bertz CT molecular complexity index is 122. The minimum Gasteiger partial charge on any atom is -0.832 e. The quantitative estimate of drug-likeness (QED) is 0.240. The van der Waals surface area contributed by atoms with Gasteiger partial charge in [0, 0.05) is 0 Å². The number of hydrogen-bond acceptors (Lipinski definition) is 5. The van der Waals surface area contributed by atoms with Gasteiger partial charge < -0.3 is 25.3 Å². The van der Waals surface area contributed by atoms with Crippen LogP contribution in [0.1, 0.15) is 6.42 Å². The van der Waals surface area contributed by atoms with E-state index in [1.54, 1.807) is 0 Å². The molecule has 0 aromatic rings. The molecule has 0 atom stereocenters. The first-order valence-electron chi connectivity index (χ1n) is 2.31. The first kappa shape index (κ1) is 17.5. The van der Waals surface area contributed by atoms with Gasteiger partial charge in [-0.25, -0.2) is 0 Å². The van der Waals surface area contributed by atoms with Gasteiger partial charge in [0.15, 0.2) is 0 Å². The summed E-state index contributed by atoms with van der Waals surface area (Å²) in [6.07, 6.45) is -0.806. The van der Waals surface area contributed by atoms with E-state index >= 15 is 0 Å². The Morgan fingerprint density at radius 1 is 1.17 bits per heavy atom. The summed E-state index contributed by atoms with van der Waals surface area (Å²) in [4.78, 5) is 18.9. The Labute approximate surface area is 80.0 Å². The monoisotopic (exact) mass is 172 g/mol. The van der Waals surface area contributed by atoms with Gasteiger partial charge in [-0.2, -0.15) is 0 Å². The zero-order valence-corrected chi connectivity index (χ0v) is 6.30. The van der Waals surface area contributed by atoms with Gasteiger partial charge in [0.05, 0.1) is 0 Å². The Morgan fingerprint density at radius 3 is 1.33 bits per heavy atom. The van der Waals surface area contributed by atoms with E-state index in [9.17, 15) is 9.59 Å². The summed E-state index contributed by atoms with van der Waals surface area (Å²) < 4.78 is 0. The molecule has 12 heavy (non-hydrogen) atoms. The van der Waals surface area contributed by atoms with E-state index in [-0.39, 0.29) is 18.9 Å². The van der Waals surface area contributed by atoms with Gasteiger partial charge in [-0.3, -0.25) is 9.59 Å². The molecule has 0 aromatic carbocycles. The summed E-state index contributed by atoms with van der Waals surface area (Å²) >= 11 is 0. The Hall–Kier alpha value is -0.518. The van der Waals surface area contributed by atoms with Crippen molar-refractivity contribution in [2.75, 3.05) is 0 Å². The molecule has 0 aromatic heterocycles. The molecule has 9 heteroatoms. The zero-order valence-electron chi connectivity index (χ0n) is 6.30. The van der Waals surface area contributed by atoms with Crippen LogP contribution in [0.4, 0.5) is 0 Å². The molecular formula is C3H6BLiO7. The third kappa shape index (κ3) is 56.3. The van der Waals surface area contributed by atoms with Gasteiger partial charge in [0.1, 0.15) is 6.42 Å². The second-order valence-electron chi connectivity index (χ2n) is 1.29. The molecule has 0 radical (unpaired) electrons. The Kier molecular flexibility index (Phi) is 15.3. The van der Waals surface area contributed by atoms with E-state index in [4.69, 9.17) is 25.3 Å². The summed E-state index contributed by atoms with van der Waals surface area (Å²) in [5.41, 5.74) is 0. The molecule has 7 nitrogen and oxygen atoms in total. The van der Waals surface area contributed by atoms with Crippen molar-refractivity contribution in [2.24, 2.45) is 0 Å². The van der Waals surface area contributed by atoms with Crippen molar-refractivity contribution in [1.82, 2.24) is 0 Å².